The van der Waals surface area contributed by atoms with E-state index in [2.05, 4.69) is 0 Å². The lowest BCUT2D eigenvalue weighted by Gasteiger charge is -1.90. The van der Waals surface area contributed by atoms with Crippen molar-refractivity contribution in [3.05, 3.63) is 0 Å². The fourth-order valence-corrected chi connectivity index (χ4v) is 0.433. The lowest BCUT2D eigenvalue weighted by molar-refractivity contribution is 0.283. The molecule has 0 aromatic rings. The molecule has 2 heteroatoms. The smallest absolute Gasteiger partial charge is 0.0431 e. The second kappa shape index (κ2) is 15.7. The number of aliphatic hydroxyl groups is 1. The number of aliphatic hydroxyl groups excluding tert-OH is 1. The van der Waals surface area contributed by atoms with Crippen molar-refractivity contribution in [2.45, 2.75) is 33.1 Å². The van der Waals surface area contributed by atoms with Gasteiger partial charge in [-0.1, -0.05) is 13.8 Å². The molecular formula is C7H19NO. The topological polar surface area (TPSA) is 46.2 Å². The largest absolute Gasteiger partial charge is 0.396 e. The quantitative estimate of drug-likeness (QED) is 0.565. The summed E-state index contributed by atoms with van der Waals surface area (Å²) in [6.45, 7) is 5.06. The maximum absolute atomic E-state index is 8.25. The predicted octanol–water partition coefficient (Wildman–Crippen LogP) is 1.13. The van der Waals surface area contributed by atoms with E-state index in [0.717, 1.165) is 25.8 Å². The van der Waals surface area contributed by atoms with Gasteiger partial charge in [0, 0.05) is 6.61 Å². The van der Waals surface area contributed by atoms with Crippen molar-refractivity contribution < 1.29 is 5.11 Å². The Bertz CT molecular complexity index is 28.1. The second-order valence-corrected chi connectivity index (χ2v) is 1.57. The molecule has 0 fully saturated rings. The maximum atomic E-state index is 8.25. The minimum Gasteiger partial charge on any atom is -0.396 e. The zero-order chi connectivity index (χ0) is 7.54. The van der Waals surface area contributed by atoms with Crippen molar-refractivity contribution in [3.8, 4) is 0 Å². The third-order valence-electron chi connectivity index (χ3n) is 0.862. The second-order valence-electron chi connectivity index (χ2n) is 1.57. The Labute approximate surface area is 58.1 Å². The molecule has 0 aliphatic carbocycles. The van der Waals surface area contributed by atoms with Crippen molar-refractivity contribution in [1.29, 1.82) is 0 Å². The first-order valence-corrected chi connectivity index (χ1v) is 3.72. The fraction of sp³-hybridized carbons (Fsp3) is 1.00. The molecule has 3 N–H and O–H groups in total. The number of hydrogen-bond acceptors (Lipinski definition) is 2. The van der Waals surface area contributed by atoms with Crippen LogP contribution in [0.25, 0.3) is 0 Å². The summed E-state index contributed by atoms with van der Waals surface area (Å²) in [5, 5.41) is 8.25. The molecule has 0 heterocycles. The molecule has 0 aliphatic rings. The highest BCUT2D eigenvalue weighted by Crippen LogP contribution is 1.89. The summed E-state index contributed by atoms with van der Waals surface area (Å²) < 4.78 is 0. The normalized spacial score (nSPS) is 8.00. The molecule has 0 aromatic carbocycles. The van der Waals surface area contributed by atoms with Crippen LogP contribution in [0, 0.1) is 0 Å². The van der Waals surface area contributed by atoms with Gasteiger partial charge >= 0.3 is 0 Å². The molecule has 0 saturated heterocycles. The average Bonchev–Trinajstić information content (AvgIpc) is 1.94. The third-order valence-corrected chi connectivity index (χ3v) is 0.862. The number of rotatable bonds is 4. The van der Waals surface area contributed by atoms with Crippen molar-refractivity contribution in [1.82, 2.24) is 0 Å². The first kappa shape index (κ1) is 11.7. The standard InChI is InChI=1S/C5H13NO.C2H6/c6-4-2-1-3-5-7;1-2/h7H,1-6H2;1-2H3. The van der Waals surface area contributed by atoms with Gasteiger partial charge in [0.25, 0.3) is 0 Å². The van der Waals surface area contributed by atoms with Crippen LogP contribution in [0.4, 0.5) is 0 Å². The highest BCUT2D eigenvalue weighted by atomic mass is 16.2. The van der Waals surface area contributed by atoms with E-state index < -0.39 is 0 Å². The molecule has 0 aromatic heterocycles. The Hall–Kier alpha value is -0.0800. The Morgan fingerprint density at radius 1 is 1.11 bits per heavy atom. The summed E-state index contributed by atoms with van der Waals surface area (Å²) in [6.07, 6.45) is 3.00. The van der Waals surface area contributed by atoms with Crippen molar-refractivity contribution in [3.63, 3.8) is 0 Å². The molecule has 58 valence electrons. The van der Waals surface area contributed by atoms with Crippen LogP contribution in [-0.4, -0.2) is 18.3 Å². The molecule has 0 aliphatic heterocycles. The average molecular weight is 133 g/mol. The molecule has 2 nitrogen and oxygen atoms in total. The molecule has 0 amide bonds. The maximum Gasteiger partial charge on any atom is 0.0431 e. The summed E-state index contributed by atoms with van der Waals surface area (Å²) in [5.74, 6) is 0. The van der Waals surface area contributed by atoms with E-state index in [0.29, 0.717) is 6.61 Å². The van der Waals surface area contributed by atoms with Gasteiger partial charge in [0.2, 0.25) is 0 Å². The molecule has 9 heavy (non-hydrogen) atoms. The summed E-state index contributed by atoms with van der Waals surface area (Å²) in [6, 6.07) is 0. The molecule has 0 radical (unpaired) electrons. The number of nitrogens with two attached hydrogens (primary N) is 1. The van der Waals surface area contributed by atoms with Gasteiger partial charge in [-0.3, -0.25) is 0 Å². The van der Waals surface area contributed by atoms with Crippen molar-refractivity contribution in [2.24, 2.45) is 5.73 Å². The van der Waals surface area contributed by atoms with Gasteiger partial charge in [0.15, 0.2) is 0 Å². The molecule has 0 bridgehead atoms. The van der Waals surface area contributed by atoms with Gasteiger partial charge in [-0.2, -0.15) is 0 Å². The van der Waals surface area contributed by atoms with Crippen LogP contribution in [0.1, 0.15) is 33.1 Å². The Morgan fingerprint density at radius 3 is 2.00 bits per heavy atom. The van der Waals surface area contributed by atoms with Gasteiger partial charge in [0.1, 0.15) is 0 Å². The van der Waals surface area contributed by atoms with Gasteiger partial charge in [-0.15, -0.1) is 0 Å². The SMILES string of the molecule is CC.NCCCCCO. The van der Waals surface area contributed by atoms with Gasteiger partial charge < -0.3 is 10.8 Å². The summed E-state index contributed by atoms with van der Waals surface area (Å²) in [7, 11) is 0. The molecule has 0 saturated carbocycles. The molecular weight excluding hydrogens is 114 g/mol. The molecule has 0 unspecified atom stereocenters. The van der Waals surface area contributed by atoms with Crippen molar-refractivity contribution in [2.75, 3.05) is 13.2 Å². The highest BCUT2D eigenvalue weighted by Gasteiger charge is 1.80. The number of unbranched alkanes of at least 4 members (excludes halogenated alkanes) is 2. The van der Waals surface area contributed by atoms with Crippen LogP contribution in [0.15, 0.2) is 0 Å². The van der Waals surface area contributed by atoms with E-state index in [4.69, 9.17) is 10.8 Å². The Morgan fingerprint density at radius 2 is 1.67 bits per heavy atom. The van der Waals surface area contributed by atoms with Gasteiger partial charge in [-0.25, -0.2) is 0 Å². The first-order valence-electron chi connectivity index (χ1n) is 3.72. The molecule has 0 rings (SSSR count). The van der Waals surface area contributed by atoms with E-state index in [1.165, 1.54) is 0 Å². The minimum atomic E-state index is 0.306. The number of hydrogen-bond donors (Lipinski definition) is 2. The van der Waals surface area contributed by atoms with E-state index in [1.807, 2.05) is 13.8 Å². The van der Waals surface area contributed by atoms with Gasteiger partial charge in [-0.05, 0) is 25.8 Å². The van der Waals surface area contributed by atoms with Crippen LogP contribution in [0.5, 0.6) is 0 Å². The van der Waals surface area contributed by atoms with E-state index in [9.17, 15) is 0 Å². The minimum absolute atomic E-state index is 0.306. The van der Waals surface area contributed by atoms with Crippen molar-refractivity contribution >= 4 is 0 Å². The lowest BCUT2D eigenvalue weighted by atomic mass is 10.2. The van der Waals surface area contributed by atoms with Crippen LogP contribution < -0.4 is 5.73 Å². The fourth-order valence-electron chi connectivity index (χ4n) is 0.433. The predicted molar refractivity (Wildman–Crippen MR) is 41.3 cm³/mol. The van der Waals surface area contributed by atoms with Crippen LogP contribution in [-0.2, 0) is 0 Å². The van der Waals surface area contributed by atoms with E-state index in [1.54, 1.807) is 0 Å². The zero-order valence-electron chi connectivity index (χ0n) is 6.56. The van der Waals surface area contributed by atoms with Crippen LogP contribution in [0.3, 0.4) is 0 Å². The Kier molecular flexibility index (Phi) is 20.3. The highest BCUT2D eigenvalue weighted by molar-refractivity contribution is 4.38. The first-order chi connectivity index (χ1) is 4.41. The summed E-state index contributed by atoms with van der Waals surface area (Å²) in [4.78, 5) is 0. The van der Waals surface area contributed by atoms with Crippen LogP contribution >= 0.6 is 0 Å². The third kappa shape index (κ3) is 18.1. The summed E-state index contributed by atoms with van der Waals surface area (Å²) in [5.41, 5.74) is 5.19. The summed E-state index contributed by atoms with van der Waals surface area (Å²) >= 11 is 0. The van der Waals surface area contributed by atoms with Gasteiger partial charge in [0.05, 0.1) is 0 Å². The van der Waals surface area contributed by atoms with E-state index >= 15 is 0 Å². The molecule has 0 spiro atoms. The molecule has 0 atom stereocenters. The monoisotopic (exact) mass is 133 g/mol. The van der Waals surface area contributed by atoms with Crippen LogP contribution in [0.2, 0.25) is 0 Å². The lowest BCUT2D eigenvalue weighted by Crippen LogP contribution is -1.98. The zero-order valence-corrected chi connectivity index (χ0v) is 6.56. The van der Waals surface area contributed by atoms with E-state index in [-0.39, 0.29) is 0 Å². The Balaban J connectivity index is 0.